The number of hydrogen-bond acceptors (Lipinski definition) is 6. The molecule has 146 valence electrons. The highest BCUT2D eigenvalue weighted by atomic mass is 32.1. The Balaban J connectivity index is 1.34. The molecule has 0 spiro atoms. The molecule has 0 saturated carbocycles. The summed E-state index contributed by atoms with van der Waals surface area (Å²) in [5.41, 5.74) is 3.31. The lowest BCUT2D eigenvalue weighted by molar-refractivity contribution is -0.139. The van der Waals surface area contributed by atoms with Crippen LogP contribution in [-0.2, 0) is 17.6 Å². The van der Waals surface area contributed by atoms with Crippen LogP contribution in [0.25, 0.3) is 15.7 Å². The smallest absolute Gasteiger partial charge is 0.226 e. The molecule has 0 radical (unpaired) electrons. The van der Waals surface area contributed by atoms with E-state index in [-0.39, 0.29) is 5.92 Å². The highest BCUT2D eigenvalue weighted by Crippen LogP contribution is 2.41. The molecule has 29 heavy (non-hydrogen) atoms. The number of fused-ring (bicyclic) bond motifs is 4. The lowest BCUT2D eigenvalue weighted by Gasteiger charge is -2.35. The Kier molecular flexibility index (Phi) is 3.80. The Morgan fingerprint density at radius 2 is 2.17 bits per heavy atom. The number of rotatable bonds is 3. The summed E-state index contributed by atoms with van der Waals surface area (Å²) in [6.07, 6.45) is 9.12. The normalized spacial score (nSPS) is 18.6. The van der Waals surface area contributed by atoms with Gasteiger partial charge >= 0.3 is 0 Å². The molecule has 1 saturated heterocycles. The lowest BCUT2D eigenvalue weighted by atomic mass is 9.86. The van der Waals surface area contributed by atoms with E-state index in [9.17, 15) is 4.79 Å². The third-order valence-corrected chi connectivity index (χ3v) is 7.19. The van der Waals surface area contributed by atoms with Crippen molar-refractivity contribution in [3.8, 4) is 0 Å². The molecule has 0 unspecified atom stereocenters. The molecule has 1 fully saturated rings. The number of aromatic nitrogens is 4. The van der Waals surface area contributed by atoms with E-state index in [2.05, 4.69) is 26.4 Å². The fraction of sp³-hybridized carbons (Fsp3) is 0.333. The molecule has 4 aromatic rings. The van der Waals surface area contributed by atoms with Gasteiger partial charge in [0.1, 0.15) is 17.0 Å². The SMILES string of the molecule is O=C([C@H]1CCc2c(sc3ncnc(Nc4ccn5nccc5c4)c23)C1)N1CCC1. The number of likely N-dealkylation sites (tertiary alicyclic amines) is 1. The number of amides is 1. The molecule has 1 N–H and O–H groups in total. The molecular weight excluding hydrogens is 384 g/mol. The zero-order valence-electron chi connectivity index (χ0n) is 15.8. The molecule has 1 amide bonds. The summed E-state index contributed by atoms with van der Waals surface area (Å²) in [6, 6.07) is 6.03. The van der Waals surface area contributed by atoms with Gasteiger partial charge in [-0.2, -0.15) is 5.10 Å². The first-order valence-electron chi connectivity index (χ1n) is 10.0. The number of aryl methyl sites for hydroxylation is 1. The van der Waals surface area contributed by atoms with Crippen molar-refractivity contribution < 1.29 is 4.79 Å². The van der Waals surface area contributed by atoms with Gasteiger partial charge in [-0.15, -0.1) is 11.3 Å². The van der Waals surface area contributed by atoms with Gasteiger partial charge in [-0.25, -0.2) is 14.5 Å². The number of hydrogen-bond donors (Lipinski definition) is 1. The third-order valence-electron chi connectivity index (χ3n) is 6.02. The Bertz CT molecular complexity index is 1240. The Morgan fingerprint density at radius 3 is 3.03 bits per heavy atom. The Morgan fingerprint density at radius 1 is 1.24 bits per heavy atom. The lowest BCUT2D eigenvalue weighted by Crippen LogP contribution is -2.46. The minimum Gasteiger partial charge on any atom is -0.342 e. The standard InChI is InChI=1S/C21H20N6OS/c28-21(26-7-1-8-26)13-2-3-16-17(10-13)29-20-18(16)19(22-12-23-20)25-14-5-9-27-15(11-14)4-6-24-27/h4-6,9,11-13H,1-3,7-8,10H2,(H,22,23,25)/t13-/m0/s1. The van der Waals surface area contributed by atoms with Crippen LogP contribution in [-0.4, -0.2) is 43.5 Å². The zero-order valence-corrected chi connectivity index (χ0v) is 16.7. The molecule has 1 aliphatic carbocycles. The number of anilines is 2. The first-order valence-corrected chi connectivity index (χ1v) is 10.8. The van der Waals surface area contributed by atoms with Gasteiger partial charge in [0.25, 0.3) is 0 Å². The van der Waals surface area contributed by atoms with Crippen molar-refractivity contribution in [3.05, 3.63) is 47.4 Å². The molecule has 1 aliphatic heterocycles. The monoisotopic (exact) mass is 404 g/mol. The summed E-state index contributed by atoms with van der Waals surface area (Å²) in [4.78, 5) is 26.0. The Hall–Kier alpha value is -3.00. The molecule has 7 nitrogen and oxygen atoms in total. The molecule has 5 heterocycles. The molecule has 0 aromatic carbocycles. The van der Waals surface area contributed by atoms with E-state index in [4.69, 9.17) is 0 Å². The van der Waals surface area contributed by atoms with Crippen molar-refractivity contribution in [1.29, 1.82) is 0 Å². The number of nitrogens with zero attached hydrogens (tertiary/aromatic N) is 5. The van der Waals surface area contributed by atoms with Crippen LogP contribution in [0.2, 0.25) is 0 Å². The third kappa shape index (κ3) is 2.78. The van der Waals surface area contributed by atoms with Crippen LogP contribution >= 0.6 is 11.3 Å². The summed E-state index contributed by atoms with van der Waals surface area (Å²) in [7, 11) is 0. The van der Waals surface area contributed by atoms with E-state index < -0.39 is 0 Å². The average molecular weight is 404 g/mol. The van der Waals surface area contributed by atoms with Gasteiger partial charge in [0.2, 0.25) is 5.91 Å². The van der Waals surface area contributed by atoms with Crippen molar-refractivity contribution in [2.24, 2.45) is 5.92 Å². The second-order valence-corrected chi connectivity index (χ2v) is 8.85. The summed E-state index contributed by atoms with van der Waals surface area (Å²) < 4.78 is 1.84. The second kappa shape index (κ2) is 6.52. The quantitative estimate of drug-likeness (QED) is 0.566. The molecule has 4 aromatic heterocycles. The summed E-state index contributed by atoms with van der Waals surface area (Å²) >= 11 is 1.71. The van der Waals surface area contributed by atoms with E-state index >= 15 is 0 Å². The van der Waals surface area contributed by atoms with Crippen LogP contribution in [0.4, 0.5) is 11.5 Å². The van der Waals surface area contributed by atoms with E-state index in [0.29, 0.717) is 5.91 Å². The molecule has 6 rings (SSSR count). The van der Waals surface area contributed by atoms with E-state index in [1.807, 2.05) is 27.7 Å². The fourth-order valence-corrected chi connectivity index (χ4v) is 5.61. The average Bonchev–Trinajstić information content (AvgIpc) is 3.30. The van der Waals surface area contributed by atoms with Crippen molar-refractivity contribution >= 4 is 44.5 Å². The number of carbonyl (C=O) groups is 1. The van der Waals surface area contributed by atoms with Crippen LogP contribution in [0.3, 0.4) is 0 Å². The summed E-state index contributed by atoms with van der Waals surface area (Å²) in [5.74, 6) is 1.28. The minimum absolute atomic E-state index is 0.115. The van der Waals surface area contributed by atoms with Gasteiger partial charge in [-0.3, -0.25) is 4.79 Å². The first kappa shape index (κ1) is 16.9. The second-order valence-electron chi connectivity index (χ2n) is 7.77. The van der Waals surface area contributed by atoms with Crippen LogP contribution in [0.15, 0.2) is 36.9 Å². The number of carbonyl (C=O) groups excluding carboxylic acids is 1. The fourth-order valence-electron chi connectivity index (χ4n) is 4.35. The van der Waals surface area contributed by atoms with Gasteiger partial charge in [-0.05, 0) is 49.4 Å². The van der Waals surface area contributed by atoms with Gasteiger partial charge in [0, 0.05) is 42.0 Å². The van der Waals surface area contributed by atoms with Crippen LogP contribution in [0.1, 0.15) is 23.3 Å². The maximum absolute atomic E-state index is 12.7. The van der Waals surface area contributed by atoms with E-state index in [0.717, 1.165) is 66.0 Å². The number of nitrogens with one attached hydrogen (secondary N) is 1. The predicted octanol–water partition coefficient (Wildman–Crippen LogP) is 3.42. The van der Waals surface area contributed by atoms with Gasteiger partial charge in [-0.1, -0.05) is 0 Å². The van der Waals surface area contributed by atoms with Crippen molar-refractivity contribution in [2.75, 3.05) is 18.4 Å². The van der Waals surface area contributed by atoms with Crippen molar-refractivity contribution in [1.82, 2.24) is 24.5 Å². The van der Waals surface area contributed by atoms with Gasteiger partial charge in [0.15, 0.2) is 0 Å². The van der Waals surface area contributed by atoms with Crippen LogP contribution < -0.4 is 5.32 Å². The van der Waals surface area contributed by atoms with E-state index in [1.165, 1.54) is 10.4 Å². The molecule has 8 heteroatoms. The maximum Gasteiger partial charge on any atom is 0.226 e. The first-order chi connectivity index (χ1) is 14.3. The zero-order chi connectivity index (χ0) is 19.4. The highest BCUT2D eigenvalue weighted by molar-refractivity contribution is 7.19. The molecule has 1 atom stereocenters. The predicted molar refractivity (Wildman–Crippen MR) is 113 cm³/mol. The summed E-state index contributed by atoms with van der Waals surface area (Å²) in [5, 5.41) is 8.83. The topological polar surface area (TPSA) is 75.4 Å². The van der Waals surface area contributed by atoms with E-state index in [1.54, 1.807) is 23.9 Å². The molecule has 2 aliphatic rings. The van der Waals surface area contributed by atoms with Crippen LogP contribution in [0, 0.1) is 5.92 Å². The number of thiophene rings is 1. The number of pyridine rings is 1. The molecular formula is C21H20N6OS. The van der Waals surface area contributed by atoms with Gasteiger partial charge < -0.3 is 10.2 Å². The minimum atomic E-state index is 0.115. The highest BCUT2D eigenvalue weighted by Gasteiger charge is 2.33. The largest absolute Gasteiger partial charge is 0.342 e. The van der Waals surface area contributed by atoms with Crippen molar-refractivity contribution in [3.63, 3.8) is 0 Å². The van der Waals surface area contributed by atoms with Crippen molar-refractivity contribution in [2.45, 2.75) is 25.7 Å². The summed E-state index contributed by atoms with van der Waals surface area (Å²) in [6.45, 7) is 1.85. The maximum atomic E-state index is 12.7. The molecule has 0 bridgehead atoms. The Labute approximate surface area is 171 Å². The van der Waals surface area contributed by atoms with Gasteiger partial charge in [0.05, 0.1) is 10.9 Å². The van der Waals surface area contributed by atoms with Crippen LogP contribution in [0.5, 0.6) is 0 Å².